The van der Waals surface area contributed by atoms with E-state index in [2.05, 4.69) is 5.32 Å². The fourth-order valence-corrected chi connectivity index (χ4v) is 3.70. The Bertz CT molecular complexity index is 626. The van der Waals surface area contributed by atoms with Gasteiger partial charge in [-0.3, -0.25) is 4.79 Å². The first kappa shape index (κ1) is 18.7. The van der Waals surface area contributed by atoms with Gasteiger partial charge in [0.15, 0.2) is 0 Å². The molecular formula is C20H29N3O3. The van der Waals surface area contributed by atoms with Gasteiger partial charge in [-0.2, -0.15) is 0 Å². The molecule has 0 aliphatic carbocycles. The number of hydrogen-bond donors (Lipinski definition) is 1. The van der Waals surface area contributed by atoms with Crippen LogP contribution < -0.4 is 5.32 Å². The van der Waals surface area contributed by atoms with Crippen molar-refractivity contribution in [2.45, 2.75) is 44.6 Å². The van der Waals surface area contributed by atoms with Crippen molar-refractivity contribution in [3.8, 4) is 0 Å². The molecule has 1 N–H and O–H groups in total. The number of amides is 3. The summed E-state index contributed by atoms with van der Waals surface area (Å²) >= 11 is 0. The van der Waals surface area contributed by atoms with E-state index < -0.39 is 0 Å². The van der Waals surface area contributed by atoms with Crippen LogP contribution in [0.15, 0.2) is 24.3 Å². The molecule has 0 unspecified atom stereocenters. The van der Waals surface area contributed by atoms with Crippen molar-refractivity contribution in [2.75, 3.05) is 38.6 Å². The van der Waals surface area contributed by atoms with Crippen molar-refractivity contribution >= 4 is 17.6 Å². The molecule has 2 aliphatic heterocycles. The lowest BCUT2D eigenvalue weighted by molar-refractivity contribution is 0.0458. The molecule has 0 aromatic heterocycles. The van der Waals surface area contributed by atoms with Gasteiger partial charge in [-0.15, -0.1) is 0 Å². The Morgan fingerprint density at radius 1 is 1.04 bits per heavy atom. The lowest BCUT2D eigenvalue weighted by Gasteiger charge is -2.32. The van der Waals surface area contributed by atoms with Crippen molar-refractivity contribution < 1.29 is 14.3 Å². The lowest BCUT2D eigenvalue weighted by Crippen LogP contribution is -2.44. The van der Waals surface area contributed by atoms with Gasteiger partial charge in [-0.1, -0.05) is 18.9 Å². The second-order valence-electron chi connectivity index (χ2n) is 7.16. The molecular weight excluding hydrogens is 330 g/mol. The third-order valence-corrected chi connectivity index (χ3v) is 5.25. The highest BCUT2D eigenvalue weighted by Gasteiger charge is 2.24. The molecule has 6 heteroatoms. The largest absolute Gasteiger partial charge is 0.380 e. The first-order valence-corrected chi connectivity index (χ1v) is 9.65. The van der Waals surface area contributed by atoms with Crippen LogP contribution in [0.5, 0.6) is 0 Å². The molecule has 3 amide bonds. The zero-order valence-electron chi connectivity index (χ0n) is 15.6. The maximum absolute atomic E-state index is 12.8. The van der Waals surface area contributed by atoms with Gasteiger partial charge in [0.2, 0.25) is 0 Å². The number of hydrogen-bond acceptors (Lipinski definition) is 3. The number of piperidine rings is 1. The summed E-state index contributed by atoms with van der Waals surface area (Å²) in [6.07, 6.45) is 6.55. The molecule has 0 radical (unpaired) electrons. The smallest absolute Gasteiger partial charge is 0.321 e. The van der Waals surface area contributed by atoms with Gasteiger partial charge in [0.25, 0.3) is 5.91 Å². The Hall–Kier alpha value is -2.08. The van der Waals surface area contributed by atoms with Crippen LogP contribution in [0, 0.1) is 0 Å². The summed E-state index contributed by atoms with van der Waals surface area (Å²) in [4.78, 5) is 29.0. The van der Waals surface area contributed by atoms with E-state index in [-0.39, 0.29) is 18.0 Å². The Balaban J connectivity index is 1.63. The highest BCUT2D eigenvalue weighted by atomic mass is 16.5. The van der Waals surface area contributed by atoms with Crippen LogP contribution in [-0.4, -0.2) is 61.1 Å². The predicted octanol–water partition coefficient (Wildman–Crippen LogP) is 3.35. The third-order valence-electron chi connectivity index (χ3n) is 5.25. The van der Waals surface area contributed by atoms with Crippen LogP contribution in [0.25, 0.3) is 0 Å². The Morgan fingerprint density at radius 2 is 1.77 bits per heavy atom. The molecule has 0 saturated carbocycles. The fraction of sp³-hybridized carbons (Fsp3) is 0.600. The van der Waals surface area contributed by atoms with E-state index in [1.807, 2.05) is 23.1 Å². The van der Waals surface area contributed by atoms with Crippen LogP contribution in [0.4, 0.5) is 10.5 Å². The van der Waals surface area contributed by atoms with E-state index in [1.165, 1.54) is 12.8 Å². The van der Waals surface area contributed by atoms with E-state index in [0.29, 0.717) is 17.8 Å². The lowest BCUT2D eigenvalue weighted by atomic mass is 10.1. The number of rotatable bonds is 3. The maximum atomic E-state index is 12.8. The summed E-state index contributed by atoms with van der Waals surface area (Å²) in [5.41, 5.74) is 1.30. The first-order valence-electron chi connectivity index (χ1n) is 9.65. The Labute approximate surface area is 155 Å². The minimum Gasteiger partial charge on any atom is -0.380 e. The van der Waals surface area contributed by atoms with Crippen molar-refractivity contribution in [1.82, 2.24) is 9.80 Å². The summed E-state index contributed by atoms with van der Waals surface area (Å²) < 4.78 is 5.38. The minimum absolute atomic E-state index is 0.0559. The summed E-state index contributed by atoms with van der Waals surface area (Å²) in [6, 6.07) is 7.13. The third kappa shape index (κ3) is 4.75. The SMILES string of the molecule is CO[C@@H]1CCCN(C(=O)Nc2cccc(C(=O)N3CCCCCC3)c2)C1. The Kier molecular flexibility index (Phi) is 6.50. The summed E-state index contributed by atoms with van der Waals surface area (Å²) in [5, 5.41) is 2.93. The number of anilines is 1. The number of nitrogens with one attached hydrogen (secondary N) is 1. The van der Waals surface area contributed by atoms with E-state index in [0.717, 1.165) is 45.3 Å². The van der Waals surface area contributed by atoms with E-state index in [1.54, 1.807) is 18.1 Å². The van der Waals surface area contributed by atoms with Gasteiger partial charge in [-0.25, -0.2) is 4.79 Å². The average Bonchev–Trinajstić information content (AvgIpc) is 2.97. The molecule has 0 spiro atoms. The summed E-state index contributed by atoms with van der Waals surface area (Å²) in [7, 11) is 1.68. The molecule has 1 aromatic rings. The molecule has 1 aromatic carbocycles. The number of benzene rings is 1. The molecule has 0 bridgehead atoms. The van der Waals surface area contributed by atoms with Crippen LogP contribution in [0.3, 0.4) is 0 Å². The maximum Gasteiger partial charge on any atom is 0.321 e. The van der Waals surface area contributed by atoms with Crippen molar-refractivity contribution in [3.05, 3.63) is 29.8 Å². The second kappa shape index (κ2) is 9.03. The van der Waals surface area contributed by atoms with E-state index in [9.17, 15) is 9.59 Å². The number of methoxy groups -OCH3 is 1. The van der Waals surface area contributed by atoms with Gasteiger partial charge in [0, 0.05) is 44.5 Å². The number of ether oxygens (including phenoxy) is 1. The van der Waals surface area contributed by atoms with Gasteiger partial charge in [0.1, 0.15) is 0 Å². The molecule has 142 valence electrons. The fourth-order valence-electron chi connectivity index (χ4n) is 3.70. The molecule has 6 nitrogen and oxygen atoms in total. The van der Waals surface area contributed by atoms with Crippen molar-refractivity contribution in [1.29, 1.82) is 0 Å². The number of likely N-dealkylation sites (tertiary alicyclic amines) is 2. The molecule has 2 saturated heterocycles. The van der Waals surface area contributed by atoms with Gasteiger partial charge in [-0.05, 0) is 43.9 Å². The zero-order chi connectivity index (χ0) is 18.4. The number of urea groups is 1. The molecule has 2 aliphatic rings. The number of carbonyl (C=O) groups is 2. The van der Waals surface area contributed by atoms with E-state index >= 15 is 0 Å². The summed E-state index contributed by atoms with van der Waals surface area (Å²) in [5.74, 6) is 0.0559. The highest BCUT2D eigenvalue weighted by Crippen LogP contribution is 2.18. The van der Waals surface area contributed by atoms with Crippen LogP contribution >= 0.6 is 0 Å². The number of carbonyl (C=O) groups excluding carboxylic acids is 2. The quantitative estimate of drug-likeness (QED) is 0.900. The van der Waals surface area contributed by atoms with Gasteiger partial charge in [0.05, 0.1) is 6.10 Å². The van der Waals surface area contributed by atoms with Crippen molar-refractivity contribution in [2.24, 2.45) is 0 Å². The minimum atomic E-state index is -0.133. The van der Waals surface area contributed by atoms with Gasteiger partial charge < -0.3 is 19.9 Å². The topological polar surface area (TPSA) is 61.9 Å². The zero-order valence-corrected chi connectivity index (χ0v) is 15.6. The summed E-state index contributed by atoms with van der Waals surface area (Å²) in [6.45, 7) is 2.98. The first-order chi connectivity index (χ1) is 12.7. The van der Waals surface area contributed by atoms with E-state index in [4.69, 9.17) is 4.74 Å². The van der Waals surface area contributed by atoms with Crippen LogP contribution in [0.2, 0.25) is 0 Å². The van der Waals surface area contributed by atoms with Crippen LogP contribution in [-0.2, 0) is 4.74 Å². The molecule has 2 fully saturated rings. The molecule has 26 heavy (non-hydrogen) atoms. The van der Waals surface area contributed by atoms with Crippen molar-refractivity contribution in [3.63, 3.8) is 0 Å². The normalized spacial score (nSPS) is 21.2. The molecule has 2 heterocycles. The molecule has 3 rings (SSSR count). The molecule has 1 atom stereocenters. The highest BCUT2D eigenvalue weighted by molar-refractivity contribution is 5.97. The standard InChI is InChI=1S/C20H29N3O3/c1-26-18-10-7-13-23(15-18)20(25)21-17-9-6-8-16(14-17)19(24)22-11-4-2-3-5-12-22/h6,8-9,14,18H,2-5,7,10-13,15H2,1H3,(H,21,25)/t18-/m1/s1. The monoisotopic (exact) mass is 359 g/mol. The predicted molar refractivity (Wildman–Crippen MR) is 101 cm³/mol. The number of nitrogens with zero attached hydrogens (tertiary/aromatic N) is 2. The van der Waals surface area contributed by atoms with Crippen LogP contribution in [0.1, 0.15) is 48.9 Å². The second-order valence-corrected chi connectivity index (χ2v) is 7.16. The average molecular weight is 359 g/mol. The van der Waals surface area contributed by atoms with Gasteiger partial charge >= 0.3 is 6.03 Å². The Morgan fingerprint density at radius 3 is 2.50 bits per heavy atom.